The van der Waals surface area contributed by atoms with E-state index in [-0.39, 0.29) is 28.2 Å². The Kier molecular flexibility index (Phi) is 6.41. The summed E-state index contributed by atoms with van der Waals surface area (Å²) in [6.07, 6.45) is 2.51. The maximum Gasteiger partial charge on any atom is 0.361 e. The largest absolute Gasteiger partial charge is 0.461 e. The molecule has 0 amide bonds. The van der Waals surface area contributed by atoms with Gasteiger partial charge in [-0.25, -0.2) is 22.9 Å². The smallest absolute Gasteiger partial charge is 0.361 e. The number of carbonyl (C=O) groups excluding carboxylic acids is 1. The molecule has 9 nitrogen and oxygen atoms in total. The molecule has 0 bridgehead atoms. The van der Waals surface area contributed by atoms with Gasteiger partial charge >= 0.3 is 5.97 Å². The number of para-hydroxylation sites is 1. The van der Waals surface area contributed by atoms with Crippen LogP contribution in [-0.4, -0.2) is 46.6 Å². The maximum absolute atomic E-state index is 13.8. The average molecular weight is 529 g/mol. The molecule has 0 spiro atoms. The number of fused-ring (bicyclic) bond motifs is 1. The second-order valence-corrected chi connectivity index (χ2v) is 10.7. The molecule has 0 N–H and O–H groups in total. The number of aromatic nitrogens is 4. The SMILES string of the molecule is CCOC(=O)c1nn(-c2ccccc2C)c2c(=O)n(-c3ccc(-c4ccccc4S(C)(=O)=O)cc3)cnc12. The summed E-state index contributed by atoms with van der Waals surface area (Å²) >= 11 is 0. The van der Waals surface area contributed by atoms with Crippen LogP contribution < -0.4 is 5.56 Å². The van der Waals surface area contributed by atoms with Crippen LogP contribution >= 0.6 is 0 Å². The number of hydrogen-bond acceptors (Lipinski definition) is 7. The highest BCUT2D eigenvalue weighted by Gasteiger charge is 2.24. The number of nitrogens with zero attached hydrogens (tertiary/aromatic N) is 4. The van der Waals surface area contributed by atoms with Crippen molar-refractivity contribution in [2.24, 2.45) is 0 Å². The van der Waals surface area contributed by atoms with Gasteiger partial charge in [0.05, 0.1) is 22.9 Å². The predicted molar refractivity (Wildman–Crippen MR) is 144 cm³/mol. The molecule has 5 rings (SSSR count). The Labute approximate surface area is 218 Å². The van der Waals surface area contributed by atoms with Crippen LogP contribution in [0.4, 0.5) is 0 Å². The van der Waals surface area contributed by atoms with Crippen LogP contribution in [0.1, 0.15) is 23.0 Å². The molecule has 0 aliphatic carbocycles. The van der Waals surface area contributed by atoms with Crippen LogP contribution in [0.25, 0.3) is 33.5 Å². The number of ether oxygens (including phenoxy) is 1. The van der Waals surface area contributed by atoms with Gasteiger partial charge in [0.25, 0.3) is 5.56 Å². The lowest BCUT2D eigenvalue weighted by Crippen LogP contribution is -2.21. The van der Waals surface area contributed by atoms with E-state index in [4.69, 9.17) is 4.74 Å². The Bertz CT molecular complexity index is 1860. The monoisotopic (exact) mass is 528 g/mol. The molecule has 0 aliphatic heterocycles. The summed E-state index contributed by atoms with van der Waals surface area (Å²) in [5.41, 5.74) is 3.08. The van der Waals surface area contributed by atoms with Crippen molar-refractivity contribution in [2.75, 3.05) is 12.9 Å². The summed E-state index contributed by atoms with van der Waals surface area (Å²) in [6.45, 7) is 3.73. The minimum Gasteiger partial charge on any atom is -0.461 e. The number of rotatable bonds is 6. The summed E-state index contributed by atoms with van der Waals surface area (Å²) in [5, 5.41) is 4.43. The summed E-state index contributed by atoms with van der Waals surface area (Å²) in [6, 6.07) is 21.1. The van der Waals surface area contributed by atoms with Gasteiger partial charge in [-0.1, -0.05) is 48.5 Å². The number of sulfone groups is 1. The number of benzene rings is 3. The number of hydrogen-bond donors (Lipinski definition) is 0. The van der Waals surface area contributed by atoms with E-state index in [1.807, 2.05) is 31.2 Å². The standard InChI is InChI=1S/C28H24N4O5S/c1-4-37-28(34)25-24-26(32(30-25)22-11-7-5-9-18(22)2)27(33)31(17-29-24)20-15-13-19(14-16-20)21-10-6-8-12-23(21)38(3,35)36/h5-17H,4H2,1-3H3. The molecule has 5 aromatic rings. The van der Waals surface area contributed by atoms with Crippen molar-refractivity contribution >= 4 is 26.8 Å². The van der Waals surface area contributed by atoms with Gasteiger partial charge in [0.2, 0.25) is 0 Å². The third-order valence-electron chi connectivity index (χ3n) is 6.14. The fraction of sp³-hybridized carbons (Fsp3) is 0.143. The van der Waals surface area contributed by atoms with Crippen LogP contribution in [0.3, 0.4) is 0 Å². The topological polar surface area (TPSA) is 113 Å². The molecule has 0 aliphatic rings. The van der Waals surface area contributed by atoms with Crippen molar-refractivity contribution in [1.82, 2.24) is 19.3 Å². The van der Waals surface area contributed by atoms with E-state index >= 15 is 0 Å². The molecule has 0 fully saturated rings. The Morgan fingerprint density at radius 1 is 0.974 bits per heavy atom. The lowest BCUT2D eigenvalue weighted by atomic mass is 10.1. The van der Waals surface area contributed by atoms with Crippen LogP contribution in [-0.2, 0) is 14.6 Å². The number of aryl methyl sites for hydroxylation is 1. The van der Waals surface area contributed by atoms with Crippen molar-refractivity contribution in [2.45, 2.75) is 18.7 Å². The molecular weight excluding hydrogens is 504 g/mol. The normalized spacial score (nSPS) is 11.6. The molecule has 10 heteroatoms. The van der Waals surface area contributed by atoms with Crippen molar-refractivity contribution in [3.8, 4) is 22.5 Å². The number of carbonyl (C=O) groups is 1. The van der Waals surface area contributed by atoms with Gasteiger partial charge in [-0.15, -0.1) is 0 Å². The van der Waals surface area contributed by atoms with Crippen molar-refractivity contribution < 1.29 is 17.9 Å². The average Bonchev–Trinajstić information content (AvgIpc) is 3.29. The van der Waals surface area contributed by atoms with Gasteiger partial charge in [-0.2, -0.15) is 5.10 Å². The third kappa shape index (κ3) is 4.39. The quantitative estimate of drug-likeness (QED) is 0.305. The molecule has 0 atom stereocenters. The predicted octanol–water partition coefficient (Wildman–Crippen LogP) is 4.13. The molecule has 3 aromatic carbocycles. The van der Waals surface area contributed by atoms with Gasteiger partial charge in [-0.3, -0.25) is 9.36 Å². The van der Waals surface area contributed by atoms with E-state index in [1.165, 1.54) is 21.8 Å². The molecule has 38 heavy (non-hydrogen) atoms. The van der Waals surface area contributed by atoms with Crippen molar-refractivity contribution in [3.05, 3.63) is 101 Å². The van der Waals surface area contributed by atoms with Crippen LogP contribution in [0.2, 0.25) is 0 Å². The van der Waals surface area contributed by atoms with Gasteiger partial charge in [-0.05, 0) is 49.2 Å². The fourth-order valence-corrected chi connectivity index (χ4v) is 5.24. The van der Waals surface area contributed by atoms with Crippen LogP contribution in [0.15, 0.2) is 88.8 Å². The lowest BCUT2D eigenvalue weighted by Gasteiger charge is -2.11. The van der Waals surface area contributed by atoms with Gasteiger partial charge in [0.1, 0.15) is 11.8 Å². The molecule has 192 valence electrons. The summed E-state index contributed by atoms with van der Waals surface area (Å²) in [5.74, 6) is -0.664. The Morgan fingerprint density at radius 3 is 2.34 bits per heavy atom. The second-order valence-electron chi connectivity index (χ2n) is 8.70. The first-order chi connectivity index (χ1) is 18.2. The highest BCUT2D eigenvalue weighted by molar-refractivity contribution is 7.90. The second kappa shape index (κ2) is 9.71. The Morgan fingerprint density at radius 2 is 1.66 bits per heavy atom. The third-order valence-corrected chi connectivity index (χ3v) is 7.29. The molecule has 0 radical (unpaired) electrons. The van der Waals surface area contributed by atoms with E-state index in [0.717, 1.165) is 5.56 Å². The summed E-state index contributed by atoms with van der Waals surface area (Å²) in [4.78, 5) is 31.1. The van der Waals surface area contributed by atoms with E-state index in [9.17, 15) is 18.0 Å². The zero-order valence-corrected chi connectivity index (χ0v) is 21.8. The lowest BCUT2D eigenvalue weighted by molar-refractivity contribution is 0.0521. The molecule has 0 unspecified atom stereocenters. The van der Waals surface area contributed by atoms with Gasteiger partial charge in [0.15, 0.2) is 21.0 Å². The highest BCUT2D eigenvalue weighted by atomic mass is 32.2. The molecule has 2 aromatic heterocycles. The summed E-state index contributed by atoms with van der Waals surface area (Å²) < 4.78 is 32.5. The maximum atomic E-state index is 13.8. The Hall–Kier alpha value is -4.57. The zero-order valence-electron chi connectivity index (χ0n) is 21.0. The zero-order chi connectivity index (χ0) is 27.0. The van der Waals surface area contributed by atoms with Crippen LogP contribution in [0, 0.1) is 6.92 Å². The first-order valence-corrected chi connectivity index (χ1v) is 13.7. The first kappa shape index (κ1) is 25.1. The Balaban J connectivity index is 1.67. The minimum atomic E-state index is -3.43. The van der Waals surface area contributed by atoms with Crippen molar-refractivity contribution in [1.29, 1.82) is 0 Å². The summed E-state index contributed by atoms with van der Waals surface area (Å²) in [7, 11) is -3.43. The van der Waals surface area contributed by atoms with E-state index in [2.05, 4.69) is 10.1 Å². The van der Waals surface area contributed by atoms with E-state index in [0.29, 0.717) is 22.5 Å². The molecule has 0 saturated heterocycles. The van der Waals surface area contributed by atoms with E-state index < -0.39 is 21.4 Å². The molecule has 0 saturated carbocycles. The molecule has 2 heterocycles. The van der Waals surface area contributed by atoms with Gasteiger partial charge < -0.3 is 4.74 Å². The minimum absolute atomic E-state index is 0.0397. The molecular formula is C28H24N4O5S. The van der Waals surface area contributed by atoms with E-state index in [1.54, 1.807) is 55.5 Å². The van der Waals surface area contributed by atoms with Gasteiger partial charge in [0, 0.05) is 11.8 Å². The van der Waals surface area contributed by atoms with Crippen LogP contribution in [0.5, 0.6) is 0 Å². The fourth-order valence-electron chi connectivity index (χ4n) is 4.33. The van der Waals surface area contributed by atoms with Crippen molar-refractivity contribution in [3.63, 3.8) is 0 Å². The first-order valence-electron chi connectivity index (χ1n) is 11.8. The number of esters is 1. The highest BCUT2D eigenvalue weighted by Crippen LogP contribution is 2.28.